The summed E-state index contributed by atoms with van der Waals surface area (Å²) >= 11 is 0. The number of fused-ring (bicyclic) bond motifs is 9. The molecule has 0 spiro atoms. The van der Waals surface area contributed by atoms with Crippen molar-refractivity contribution in [2.24, 2.45) is 0 Å². The van der Waals surface area contributed by atoms with E-state index in [1.54, 1.807) is 0 Å². The third kappa shape index (κ3) is 4.50. The maximum atomic E-state index is 6.22. The molecule has 0 radical (unpaired) electrons. The second kappa shape index (κ2) is 10.8. The molecular formula is C47H28N2O2. The van der Waals surface area contributed by atoms with Crippen LogP contribution in [-0.4, -0.2) is 4.98 Å². The molecule has 0 amide bonds. The first-order chi connectivity index (χ1) is 25.2. The standard InChI is InChI=1S/C47H28N2O2/c1-3-9-44-39(7-1)41-24-34-22-37(19-15-32(34)27-46(41)50-44)49(36-17-13-29(14-18-36)31-12-11-30-6-5-21-48-43(30)26-31)38-20-16-33-28-47-42(25-35(33)23-38)40-8-2-4-10-45(40)51-47/h1-28H. The molecule has 0 unspecified atom stereocenters. The van der Waals surface area contributed by atoms with Gasteiger partial charge in [0.05, 0.1) is 5.52 Å². The lowest BCUT2D eigenvalue weighted by molar-refractivity contribution is 0.669. The van der Waals surface area contributed by atoms with Crippen LogP contribution >= 0.6 is 0 Å². The van der Waals surface area contributed by atoms with Crippen LogP contribution < -0.4 is 4.90 Å². The monoisotopic (exact) mass is 652 g/mol. The Kier molecular flexibility index (Phi) is 5.92. The number of para-hydroxylation sites is 2. The lowest BCUT2D eigenvalue weighted by Gasteiger charge is -2.26. The molecule has 3 aromatic heterocycles. The molecule has 4 nitrogen and oxygen atoms in total. The van der Waals surface area contributed by atoms with Gasteiger partial charge in [-0.05, 0) is 118 Å². The average Bonchev–Trinajstić information content (AvgIpc) is 3.73. The van der Waals surface area contributed by atoms with Gasteiger partial charge in [-0.1, -0.05) is 78.9 Å². The summed E-state index contributed by atoms with van der Waals surface area (Å²) in [6.07, 6.45) is 1.85. The number of nitrogens with zero attached hydrogens (tertiary/aromatic N) is 2. The molecule has 3 heterocycles. The van der Waals surface area contributed by atoms with Crippen LogP contribution in [0.5, 0.6) is 0 Å². The summed E-state index contributed by atoms with van der Waals surface area (Å²) in [6, 6.07) is 58.1. The fourth-order valence-corrected chi connectivity index (χ4v) is 7.69. The predicted molar refractivity (Wildman–Crippen MR) is 211 cm³/mol. The van der Waals surface area contributed by atoms with Crippen LogP contribution in [0.4, 0.5) is 17.1 Å². The maximum Gasteiger partial charge on any atom is 0.136 e. The number of aromatic nitrogens is 1. The number of pyridine rings is 1. The molecule has 0 fully saturated rings. The molecule has 238 valence electrons. The fraction of sp³-hybridized carbons (Fsp3) is 0. The number of anilines is 3. The molecule has 4 heteroatoms. The summed E-state index contributed by atoms with van der Waals surface area (Å²) in [5.41, 5.74) is 10.1. The van der Waals surface area contributed by atoms with Gasteiger partial charge in [0.2, 0.25) is 0 Å². The molecule has 0 aliphatic rings. The Morgan fingerprint density at radius 1 is 0.353 bits per heavy atom. The molecule has 0 aliphatic heterocycles. The molecule has 8 aromatic carbocycles. The summed E-state index contributed by atoms with van der Waals surface area (Å²) in [5, 5.41) is 10.2. The van der Waals surface area contributed by atoms with Gasteiger partial charge >= 0.3 is 0 Å². The Morgan fingerprint density at radius 3 is 1.53 bits per heavy atom. The van der Waals surface area contributed by atoms with Gasteiger partial charge in [-0.25, -0.2) is 0 Å². The molecule has 0 aliphatic carbocycles. The van der Waals surface area contributed by atoms with Gasteiger partial charge < -0.3 is 13.7 Å². The SMILES string of the molecule is c1cnc2cc(-c3ccc(N(c4ccc5cc6oc7ccccc7c6cc5c4)c4ccc5cc6oc7ccccc7c6cc5c4)cc3)ccc2c1. The van der Waals surface area contributed by atoms with Crippen molar-refractivity contribution in [2.75, 3.05) is 4.90 Å². The van der Waals surface area contributed by atoms with Crippen LogP contribution in [0.1, 0.15) is 0 Å². The zero-order chi connectivity index (χ0) is 33.5. The molecule has 0 bridgehead atoms. The Hall–Kier alpha value is -6.91. The van der Waals surface area contributed by atoms with Crippen LogP contribution in [0.25, 0.3) is 87.5 Å². The van der Waals surface area contributed by atoms with E-state index in [1.165, 1.54) is 0 Å². The lowest BCUT2D eigenvalue weighted by Crippen LogP contribution is -2.09. The van der Waals surface area contributed by atoms with E-state index in [1.807, 2.05) is 36.5 Å². The molecule has 0 saturated carbocycles. The van der Waals surface area contributed by atoms with Crippen molar-refractivity contribution in [1.82, 2.24) is 4.98 Å². The molecule has 51 heavy (non-hydrogen) atoms. The minimum atomic E-state index is 0.903. The fourth-order valence-electron chi connectivity index (χ4n) is 7.69. The average molecular weight is 653 g/mol. The van der Waals surface area contributed by atoms with E-state index < -0.39 is 0 Å². The molecule has 0 atom stereocenters. The Balaban J connectivity index is 1.08. The largest absolute Gasteiger partial charge is 0.456 e. The van der Waals surface area contributed by atoms with Gasteiger partial charge in [-0.15, -0.1) is 0 Å². The highest BCUT2D eigenvalue weighted by atomic mass is 16.3. The first kappa shape index (κ1) is 28.0. The van der Waals surface area contributed by atoms with Crippen LogP contribution in [0.3, 0.4) is 0 Å². The number of benzene rings is 8. The topological polar surface area (TPSA) is 42.4 Å². The van der Waals surface area contributed by atoms with E-state index in [0.29, 0.717) is 0 Å². The Labute approximate surface area is 292 Å². The van der Waals surface area contributed by atoms with E-state index in [-0.39, 0.29) is 0 Å². The summed E-state index contributed by atoms with van der Waals surface area (Å²) in [6.45, 7) is 0. The van der Waals surface area contributed by atoms with Crippen molar-refractivity contribution in [2.45, 2.75) is 0 Å². The quantitative estimate of drug-likeness (QED) is 0.190. The van der Waals surface area contributed by atoms with Crippen molar-refractivity contribution in [3.63, 3.8) is 0 Å². The van der Waals surface area contributed by atoms with Crippen LogP contribution in [0, 0.1) is 0 Å². The normalized spacial score (nSPS) is 11.9. The highest BCUT2D eigenvalue weighted by Crippen LogP contribution is 2.41. The molecule has 0 N–H and O–H groups in total. The second-order valence-corrected chi connectivity index (χ2v) is 13.2. The van der Waals surface area contributed by atoms with Gasteiger partial charge in [-0.3, -0.25) is 4.98 Å². The predicted octanol–water partition coefficient (Wildman–Crippen LogP) is 13.5. The second-order valence-electron chi connectivity index (χ2n) is 13.2. The minimum Gasteiger partial charge on any atom is -0.456 e. The van der Waals surface area contributed by atoms with Gasteiger partial charge in [0.1, 0.15) is 22.3 Å². The summed E-state index contributed by atoms with van der Waals surface area (Å²) < 4.78 is 12.4. The van der Waals surface area contributed by atoms with Crippen molar-refractivity contribution in [3.8, 4) is 11.1 Å². The summed E-state index contributed by atoms with van der Waals surface area (Å²) in [7, 11) is 0. The van der Waals surface area contributed by atoms with E-state index >= 15 is 0 Å². The van der Waals surface area contributed by atoms with E-state index in [4.69, 9.17) is 8.83 Å². The molecule has 11 rings (SSSR count). The van der Waals surface area contributed by atoms with Crippen LogP contribution in [-0.2, 0) is 0 Å². The smallest absolute Gasteiger partial charge is 0.136 e. The lowest BCUT2D eigenvalue weighted by atomic mass is 10.0. The van der Waals surface area contributed by atoms with E-state index in [0.717, 1.165) is 105 Å². The highest BCUT2D eigenvalue weighted by Gasteiger charge is 2.17. The number of hydrogen-bond acceptors (Lipinski definition) is 4. The number of furan rings is 2. The highest BCUT2D eigenvalue weighted by molar-refractivity contribution is 6.12. The first-order valence-electron chi connectivity index (χ1n) is 17.2. The Morgan fingerprint density at radius 2 is 0.902 bits per heavy atom. The van der Waals surface area contributed by atoms with E-state index in [9.17, 15) is 0 Å². The van der Waals surface area contributed by atoms with Crippen molar-refractivity contribution >= 4 is 93.4 Å². The van der Waals surface area contributed by atoms with E-state index in [2.05, 4.69) is 143 Å². The van der Waals surface area contributed by atoms with Gasteiger partial charge in [-0.2, -0.15) is 0 Å². The number of hydrogen-bond donors (Lipinski definition) is 0. The zero-order valence-electron chi connectivity index (χ0n) is 27.4. The summed E-state index contributed by atoms with van der Waals surface area (Å²) in [5.74, 6) is 0. The third-order valence-electron chi connectivity index (χ3n) is 10.2. The van der Waals surface area contributed by atoms with Crippen LogP contribution in [0.2, 0.25) is 0 Å². The molecular weight excluding hydrogens is 625 g/mol. The minimum absolute atomic E-state index is 0.903. The zero-order valence-corrected chi connectivity index (χ0v) is 27.4. The van der Waals surface area contributed by atoms with Gasteiger partial charge in [0, 0.05) is 50.2 Å². The van der Waals surface area contributed by atoms with Crippen molar-refractivity contribution < 1.29 is 8.83 Å². The van der Waals surface area contributed by atoms with Crippen molar-refractivity contribution in [1.29, 1.82) is 0 Å². The summed E-state index contributed by atoms with van der Waals surface area (Å²) in [4.78, 5) is 6.93. The van der Waals surface area contributed by atoms with Crippen LogP contribution in [0.15, 0.2) is 179 Å². The molecule has 0 saturated heterocycles. The van der Waals surface area contributed by atoms with Gasteiger partial charge in [0.25, 0.3) is 0 Å². The third-order valence-corrected chi connectivity index (χ3v) is 10.2. The van der Waals surface area contributed by atoms with Gasteiger partial charge in [0.15, 0.2) is 0 Å². The molecule has 11 aromatic rings. The Bertz CT molecular complexity index is 3000. The van der Waals surface area contributed by atoms with Crippen molar-refractivity contribution in [3.05, 3.63) is 170 Å². The number of rotatable bonds is 4. The maximum absolute atomic E-state index is 6.22. The first-order valence-corrected chi connectivity index (χ1v) is 17.2.